The van der Waals surface area contributed by atoms with E-state index < -0.39 is 0 Å². The zero-order valence-electron chi connectivity index (χ0n) is 15.4. The highest BCUT2D eigenvalue weighted by atomic mass is 32.2. The minimum atomic E-state index is -0.178. The molecule has 3 amide bonds. The third-order valence-electron chi connectivity index (χ3n) is 4.37. The summed E-state index contributed by atoms with van der Waals surface area (Å²) in [6.07, 6.45) is 1.98. The van der Waals surface area contributed by atoms with E-state index in [2.05, 4.69) is 28.1 Å². The second-order valence-electron chi connectivity index (χ2n) is 6.67. The summed E-state index contributed by atoms with van der Waals surface area (Å²) in [6.45, 7) is 2.54. The fraction of sp³-hybridized carbons (Fsp3) is 0.333. The van der Waals surface area contributed by atoms with Gasteiger partial charge in [0.2, 0.25) is 5.91 Å². The molecule has 0 radical (unpaired) electrons. The largest absolute Gasteiger partial charge is 0.337 e. The molecule has 0 saturated heterocycles. The molecule has 142 valence electrons. The van der Waals surface area contributed by atoms with Crippen molar-refractivity contribution in [1.82, 2.24) is 10.6 Å². The molecule has 1 aliphatic rings. The van der Waals surface area contributed by atoms with Crippen molar-refractivity contribution in [2.45, 2.75) is 30.7 Å². The number of amides is 3. The Morgan fingerprint density at radius 2 is 1.78 bits per heavy atom. The molecule has 0 bridgehead atoms. The lowest BCUT2D eigenvalue weighted by molar-refractivity contribution is -0.117. The number of carbonyl (C=O) groups excluding carboxylic acids is 2. The van der Waals surface area contributed by atoms with Crippen molar-refractivity contribution in [3.05, 3.63) is 60.2 Å². The quantitative estimate of drug-likeness (QED) is 0.473. The highest BCUT2D eigenvalue weighted by Crippen LogP contribution is 2.30. The Bertz CT molecular complexity index is 761. The number of carbonyl (C=O) groups is 2. The van der Waals surface area contributed by atoms with E-state index in [4.69, 9.17) is 0 Å². The predicted octanol–water partition coefficient (Wildman–Crippen LogP) is 4.19. The van der Waals surface area contributed by atoms with Crippen LogP contribution in [0.5, 0.6) is 0 Å². The molecule has 1 unspecified atom stereocenters. The zero-order valence-corrected chi connectivity index (χ0v) is 16.2. The third-order valence-corrected chi connectivity index (χ3v) is 5.39. The molecule has 0 heterocycles. The lowest BCUT2D eigenvalue weighted by Crippen LogP contribution is -2.38. The van der Waals surface area contributed by atoms with Gasteiger partial charge in [0.05, 0.1) is 6.04 Å². The first kappa shape index (κ1) is 19.3. The van der Waals surface area contributed by atoms with E-state index >= 15 is 0 Å². The fourth-order valence-electron chi connectivity index (χ4n) is 2.63. The summed E-state index contributed by atoms with van der Waals surface area (Å²) in [6, 6.07) is 17.4. The Kier molecular flexibility index (Phi) is 6.76. The van der Waals surface area contributed by atoms with Crippen LogP contribution in [0.4, 0.5) is 10.5 Å². The molecule has 0 aliphatic heterocycles. The number of nitrogens with one attached hydrogen (secondary N) is 3. The monoisotopic (exact) mass is 383 g/mol. The maximum absolute atomic E-state index is 12.0. The molecule has 3 rings (SSSR count). The van der Waals surface area contributed by atoms with Gasteiger partial charge in [-0.15, -0.1) is 11.8 Å². The number of benzene rings is 2. The van der Waals surface area contributed by atoms with E-state index in [1.807, 2.05) is 49.4 Å². The normalized spacial score (nSPS) is 14.3. The van der Waals surface area contributed by atoms with Crippen molar-refractivity contribution >= 4 is 29.4 Å². The van der Waals surface area contributed by atoms with Gasteiger partial charge in [0, 0.05) is 28.8 Å². The summed E-state index contributed by atoms with van der Waals surface area (Å²) < 4.78 is 0. The number of anilines is 1. The summed E-state index contributed by atoms with van der Waals surface area (Å²) in [5.74, 6) is 1.11. The van der Waals surface area contributed by atoms with Crippen LogP contribution in [0.2, 0.25) is 0 Å². The van der Waals surface area contributed by atoms with Crippen LogP contribution in [0.3, 0.4) is 0 Å². The number of hydrogen-bond donors (Lipinski definition) is 3. The van der Waals surface area contributed by atoms with Crippen molar-refractivity contribution in [2.75, 3.05) is 17.6 Å². The number of rotatable bonds is 8. The Morgan fingerprint density at radius 1 is 1.07 bits per heavy atom. The topological polar surface area (TPSA) is 70.2 Å². The van der Waals surface area contributed by atoms with Gasteiger partial charge >= 0.3 is 6.03 Å². The van der Waals surface area contributed by atoms with E-state index in [0.29, 0.717) is 6.54 Å². The molecule has 3 N–H and O–H groups in total. The first-order valence-electron chi connectivity index (χ1n) is 9.25. The fourth-order valence-corrected chi connectivity index (χ4v) is 3.42. The first-order valence-corrected chi connectivity index (χ1v) is 10.2. The minimum Gasteiger partial charge on any atom is -0.337 e. The Hall–Kier alpha value is -2.47. The molecule has 0 spiro atoms. The lowest BCUT2D eigenvalue weighted by atomic mass is 10.1. The highest BCUT2D eigenvalue weighted by Gasteiger charge is 2.29. The Labute approximate surface area is 164 Å². The van der Waals surface area contributed by atoms with Gasteiger partial charge in [0.25, 0.3) is 0 Å². The summed E-state index contributed by atoms with van der Waals surface area (Å²) in [4.78, 5) is 25.0. The zero-order chi connectivity index (χ0) is 19.1. The molecule has 1 fully saturated rings. The van der Waals surface area contributed by atoms with Crippen LogP contribution < -0.4 is 16.0 Å². The first-order chi connectivity index (χ1) is 13.1. The number of urea groups is 1. The molecule has 27 heavy (non-hydrogen) atoms. The molecule has 5 nitrogen and oxygen atoms in total. The molecule has 1 saturated carbocycles. The Morgan fingerprint density at radius 3 is 2.44 bits per heavy atom. The second-order valence-corrected chi connectivity index (χ2v) is 7.84. The van der Waals surface area contributed by atoms with Crippen LogP contribution in [-0.4, -0.2) is 24.2 Å². The van der Waals surface area contributed by atoms with Crippen molar-refractivity contribution in [2.24, 2.45) is 5.92 Å². The average Bonchev–Trinajstić information content (AvgIpc) is 3.52. The number of thioether (sulfide) groups is 1. The average molecular weight is 384 g/mol. The van der Waals surface area contributed by atoms with Gasteiger partial charge < -0.3 is 16.0 Å². The van der Waals surface area contributed by atoms with E-state index in [1.54, 1.807) is 11.8 Å². The second kappa shape index (κ2) is 9.46. The molecule has 6 heteroatoms. The van der Waals surface area contributed by atoms with Gasteiger partial charge in [-0.2, -0.15) is 0 Å². The minimum absolute atomic E-state index is 0.0988. The molecular formula is C21H25N3O2S. The van der Waals surface area contributed by atoms with Crippen LogP contribution in [0.25, 0.3) is 0 Å². The summed E-state index contributed by atoms with van der Waals surface area (Å²) in [5.41, 5.74) is 1.79. The standard InChI is InChI=1S/C21H25N3O2S/c1-15(16-9-11-18(12-10-16)24-20(25)17-7-8-17)23-21(26)22-13-14-27-19-5-3-2-4-6-19/h2-6,9-12,15,17H,7-8,13-14H2,1H3,(H,24,25)(H2,22,23,26). The molecule has 0 aromatic heterocycles. The smallest absolute Gasteiger partial charge is 0.315 e. The van der Waals surface area contributed by atoms with Gasteiger partial charge in [0.15, 0.2) is 0 Å². The molecule has 2 aromatic carbocycles. The van der Waals surface area contributed by atoms with Gasteiger partial charge in [-0.3, -0.25) is 4.79 Å². The van der Waals surface area contributed by atoms with Gasteiger partial charge in [0.1, 0.15) is 0 Å². The van der Waals surface area contributed by atoms with Crippen LogP contribution >= 0.6 is 11.8 Å². The Balaban J connectivity index is 1.37. The van der Waals surface area contributed by atoms with Gasteiger partial charge in [-0.05, 0) is 49.6 Å². The van der Waals surface area contributed by atoms with Crippen LogP contribution in [0, 0.1) is 5.92 Å². The van der Waals surface area contributed by atoms with E-state index in [9.17, 15) is 9.59 Å². The SMILES string of the molecule is CC(NC(=O)NCCSc1ccccc1)c1ccc(NC(=O)C2CC2)cc1. The van der Waals surface area contributed by atoms with Crippen molar-refractivity contribution in [3.63, 3.8) is 0 Å². The van der Waals surface area contributed by atoms with E-state index in [-0.39, 0.29) is 23.9 Å². The summed E-state index contributed by atoms with van der Waals surface area (Å²) >= 11 is 1.71. The maximum Gasteiger partial charge on any atom is 0.315 e. The molecule has 1 atom stereocenters. The number of hydrogen-bond acceptors (Lipinski definition) is 3. The molecular weight excluding hydrogens is 358 g/mol. The maximum atomic E-state index is 12.0. The van der Waals surface area contributed by atoms with Crippen molar-refractivity contribution in [3.8, 4) is 0 Å². The van der Waals surface area contributed by atoms with Crippen LogP contribution in [-0.2, 0) is 4.79 Å². The van der Waals surface area contributed by atoms with E-state index in [1.165, 1.54) is 4.90 Å². The summed E-state index contributed by atoms with van der Waals surface area (Å²) in [7, 11) is 0. The van der Waals surface area contributed by atoms with Gasteiger partial charge in [-0.1, -0.05) is 30.3 Å². The lowest BCUT2D eigenvalue weighted by Gasteiger charge is -2.15. The van der Waals surface area contributed by atoms with Crippen molar-refractivity contribution in [1.29, 1.82) is 0 Å². The highest BCUT2D eigenvalue weighted by molar-refractivity contribution is 7.99. The molecule has 1 aliphatic carbocycles. The van der Waals surface area contributed by atoms with E-state index in [0.717, 1.165) is 29.8 Å². The summed E-state index contributed by atoms with van der Waals surface area (Å²) in [5, 5.41) is 8.74. The van der Waals surface area contributed by atoms with Gasteiger partial charge in [-0.25, -0.2) is 4.79 Å². The van der Waals surface area contributed by atoms with Crippen LogP contribution in [0.1, 0.15) is 31.4 Å². The third kappa shape index (κ3) is 6.32. The van der Waals surface area contributed by atoms with Crippen LogP contribution in [0.15, 0.2) is 59.5 Å². The predicted molar refractivity (Wildman–Crippen MR) is 110 cm³/mol. The molecule has 2 aromatic rings. The van der Waals surface area contributed by atoms with Crippen molar-refractivity contribution < 1.29 is 9.59 Å².